The highest BCUT2D eigenvalue weighted by Gasteiger charge is 2.24. The van der Waals surface area contributed by atoms with Crippen molar-refractivity contribution in [2.45, 2.75) is 4.90 Å². The molecule has 3 aromatic rings. The van der Waals surface area contributed by atoms with Crippen LogP contribution in [-0.2, 0) is 14.8 Å². The molecule has 0 aliphatic heterocycles. The van der Waals surface area contributed by atoms with Gasteiger partial charge in [0, 0.05) is 15.4 Å². The van der Waals surface area contributed by atoms with E-state index in [1.807, 2.05) is 0 Å². The van der Waals surface area contributed by atoms with Crippen LogP contribution in [0.15, 0.2) is 57.2 Å². The van der Waals surface area contributed by atoms with E-state index in [1.165, 1.54) is 37.4 Å². The van der Waals surface area contributed by atoms with Gasteiger partial charge in [-0.05, 0) is 42.5 Å². The van der Waals surface area contributed by atoms with Crippen molar-refractivity contribution >= 4 is 48.4 Å². The molecule has 1 heterocycles. The van der Waals surface area contributed by atoms with Crippen LogP contribution in [0.2, 0.25) is 0 Å². The second-order valence-electron chi connectivity index (χ2n) is 5.28. The normalized spacial score (nSPS) is 11.2. The maximum atomic E-state index is 13.0. The van der Waals surface area contributed by atoms with Crippen LogP contribution < -0.4 is 4.72 Å². The number of carbonyl (C=O) groups is 1. The summed E-state index contributed by atoms with van der Waals surface area (Å²) >= 11 is 4.27. The molecule has 0 bridgehead atoms. The third-order valence-corrected chi connectivity index (χ3v) is 6.28. The Hall–Kier alpha value is -2.30. The Morgan fingerprint density at radius 3 is 2.59 bits per heavy atom. The topological polar surface area (TPSA) is 85.4 Å². The lowest BCUT2D eigenvalue weighted by molar-refractivity contribution is 0.0596. The molecular formula is C17H12BrFN2O4S2. The Morgan fingerprint density at radius 2 is 1.93 bits per heavy atom. The van der Waals surface area contributed by atoms with Gasteiger partial charge in [0.2, 0.25) is 0 Å². The van der Waals surface area contributed by atoms with E-state index in [4.69, 9.17) is 0 Å². The highest BCUT2D eigenvalue weighted by molar-refractivity contribution is 9.10. The molecule has 6 nitrogen and oxygen atoms in total. The van der Waals surface area contributed by atoms with Crippen molar-refractivity contribution in [3.05, 3.63) is 63.7 Å². The van der Waals surface area contributed by atoms with Gasteiger partial charge in [-0.1, -0.05) is 15.9 Å². The summed E-state index contributed by atoms with van der Waals surface area (Å²) in [6.07, 6.45) is 0. The fourth-order valence-corrected chi connectivity index (χ4v) is 4.76. The first-order valence-electron chi connectivity index (χ1n) is 7.42. The number of halogens is 2. The van der Waals surface area contributed by atoms with Gasteiger partial charge in [0.05, 0.1) is 18.4 Å². The van der Waals surface area contributed by atoms with Gasteiger partial charge in [-0.3, -0.25) is 4.72 Å². The summed E-state index contributed by atoms with van der Waals surface area (Å²) < 4.78 is 46.0. The van der Waals surface area contributed by atoms with Crippen LogP contribution in [0, 0.1) is 5.82 Å². The van der Waals surface area contributed by atoms with Gasteiger partial charge < -0.3 is 4.74 Å². The SMILES string of the molecule is COC(=O)c1cc(Br)ccc1S(=O)(=O)Nc1nc(-c2ccc(F)cc2)cs1. The average molecular weight is 471 g/mol. The summed E-state index contributed by atoms with van der Waals surface area (Å²) in [5.41, 5.74) is 1.05. The van der Waals surface area contributed by atoms with Gasteiger partial charge in [0.15, 0.2) is 5.13 Å². The number of anilines is 1. The lowest BCUT2D eigenvalue weighted by Gasteiger charge is -2.10. The Labute approximate surface area is 167 Å². The van der Waals surface area contributed by atoms with Crippen LogP contribution >= 0.6 is 27.3 Å². The third kappa shape index (κ3) is 4.34. The van der Waals surface area contributed by atoms with Crippen LogP contribution in [0.1, 0.15) is 10.4 Å². The molecule has 0 aliphatic rings. The molecule has 0 fully saturated rings. The number of methoxy groups -OCH3 is 1. The Balaban J connectivity index is 1.92. The second kappa shape index (κ2) is 7.75. The molecule has 1 aromatic heterocycles. The summed E-state index contributed by atoms with van der Waals surface area (Å²) in [5.74, 6) is -1.15. The number of esters is 1. The van der Waals surface area contributed by atoms with Crippen molar-refractivity contribution in [2.24, 2.45) is 0 Å². The maximum absolute atomic E-state index is 13.0. The van der Waals surface area contributed by atoms with Crippen LogP contribution in [0.3, 0.4) is 0 Å². The number of hydrogen-bond acceptors (Lipinski definition) is 6. The molecule has 3 rings (SSSR count). The lowest BCUT2D eigenvalue weighted by Crippen LogP contribution is -2.17. The Kier molecular flexibility index (Phi) is 5.59. The van der Waals surface area contributed by atoms with Gasteiger partial charge in [-0.25, -0.2) is 22.6 Å². The predicted molar refractivity (Wildman–Crippen MR) is 104 cm³/mol. The first-order chi connectivity index (χ1) is 12.8. The summed E-state index contributed by atoms with van der Waals surface area (Å²) in [6.45, 7) is 0. The van der Waals surface area contributed by atoms with E-state index in [0.717, 1.165) is 11.3 Å². The second-order valence-corrected chi connectivity index (χ2v) is 8.71. The number of sulfonamides is 1. The minimum absolute atomic E-state index is 0.102. The molecule has 10 heteroatoms. The number of nitrogens with zero attached hydrogens (tertiary/aromatic N) is 1. The molecule has 0 spiro atoms. The molecule has 0 unspecified atom stereocenters. The van der Waals surface area contributed by atoms with Crippen LogP contribution in [0.5, 0.6) is 0 Å². The quantitative estimate of drug-likeness (QED) is 0.561. The highest BCUT2D eigenvalue weighted by atomic mass is 79.9. The molecule has 0 saturated carbocycles. The number of rotatable bonds is 5. The first-order valence-corrected chi connectivity index (χ1v) is 10.6. The molecule has 2 aromatic carbocycles. The molecule has 0 aliphatic carbocycles. The van der Waals surface area contributed by atoms with E-state index in [9.17, 15) is 17.6 Å². The molecule has 0 radical (unpaired) electrons. The Morgan fingerprint density at radius 1 is 1.22 bits per heavy atom. The zero-order chi connectivity index (χ0) is 19.6. The number of benzene rings is 2. The standard InChI is InChI=1S/C17H12BrFN2O4S2/c1-25-16(22)13-8-11(18)4-7-15(13)27(23,24)21-17-20-14(9-26-17)10-2-5-12(19)6-3-10/h2-9H,1H3,(H,20,21). The molecule has 1 N–H and O–H groups in total. The van der Waals surface area contributed by atoms with E-state index in [2.05, 4.69) is 30.4 Å². The Bertz CT molecular complexity index is 1100. The van der Waals surface area contributed by atoms with Crippen molar-refractivity contribution in [1.82, 2.24) is 4.98 Å². The predicted octanol–water partition coefficient (Wildman–Crippen LogP) is 4.30. The number of aromatic nitrogens is 1. The largest absolute Gasteiger partial charge is 0.465 e. The number of hydrogen-bond donors (Lipinski definition) is 1. The average Bonchev–Trinajstić information content (AvgIpc) is 3.09. The van der Waals surface area contributed by atoms with E-state index >= 15 is 0 Å². The zero-order valence-corrected chi connectivity index (χ0v) is 17.0. The van der Waals surface area contributed by atoms with E-state index in [-0.39, 0.29) is 21.4 Å². The summed E-state index contributed by atoms with van der Waals surface area (Å²) in [5, 5.41) is 1.77. The smallest absolute Gasteiger partial charge is 0.339 e. The third-order valence-electron chi connectivity index (χ3n) is 3.50. The number of thiazole rings is 1. The minimum Gasteiger partial charge on any atom is -0.465 e. The van der Waals surface area contributed by atoms with Gasteiger partial charge in [0.25, 0.3) is 10.0 Å². The van der Waals surface area contributed by atoms with Gasteiger partial charge >= 0.3 is 5.97 Å². The van der Waals surface area contributed by atoms with Gasteiger partial charge in [-0.15, -0.1) is 11.3 Å². The fraction of sp³-hybridized carbons (Fsp3) is 0.0588. The van der Waals surface area contributed by atoms with Gasteiger partial charge in [0.1, 0.15) is 10.7 Å². The fourth-order valence-electron chi connectivity index (χ4n) is 2.25. The number of nitrogens with one attached hydrogen (secondary N) is 1. The summed E-state index contributed by atoms with van der Waals surface area (Å²) in [4.78, 5) is 15.9. The summed E-state index contributed by atoms with van der Waals surface area (Å²) in [7, 11) is -2.91. The van der Waals surface area contributed by atoms with Crippen LogP contribution in [-0.4, -0.2) is 26.5 Å². The molecular weight excluding hydrogens is 459 g/mol. The van der Waals surface area contributed by atoms with Gasteiger partial charge in [-0.2, -0.15) is 0 Å². The van der Waals surface area contributed by atoms with Crippen molar-refractivity contribution in [3.8, 4) is 11.3 Å². The van der Waals surface area contributed by atoms with Crippen LogP contribution in [0.25, 0.3) is 11.3 Å². The molecule has 0 saturated heterocycles. The highest BCUT2D eigenvalue weighted by Crippen LogP contribution is 2.28. The van der Waals surface area contributed by atoms with Crippen molar-refractivity contribution < 1.29 is 22.3 Å². The lowest BCUT2D eigenvalue weighted by atomic mass is 10.2. The van der Waals surface area contributed by atoms with E-state index in [0.29, 0.717) is 15.7 Å². The van der Waals surface area contributed by atoms with Crippen molar-refractivity contribution in [1.29, 1.82) is 0 Å². The van der Waals surface area contributed by atoms with Crippen molar-refractivity contribution in [2.75, 3.05) is 11.8 Å². The molecule has 0 atom stereocenters. The maximum Gasteiger partial charge on any atom is 0.339 e. The van der Waals surface area contributed by atoms with Crippen molar-refractivity contribution in [3.63, 3.8) is 0 Å². The van der Waals surface area contributed by atoms with Crippen LogP contribution in [0.4, 0.5) is 9.52 Å². The van der Waals surface area contributed by atoms with E-state index < -0.39 is 16.0 Å². The monoisotopic (exact) mass is 470 g/mol. The molecule has 140 valence electrons. The number of carbonyl (C=O) groups excluding carboxylic acids is 1. The molecule has 0 amide bonds. The first kappa shape index (κ1) is 19.5. The minimum atomic E-state index is -4.08. The van der Waals surface area contributed by atoms with E-state index in [1.54, 1.807) is 17.5 Å². The zero-order valence-electron chi connectivity index (χ0n) is 13.8. The number of ether oxygens (including phenoxy) is 1. The molecule has 27 heavy (non-hydrogen) atoms. The summed E-state index contributed by atoms with van der Waals surface area (Å²) in [6, 6.07) is 9.86.